The van der Waals surface area contributed by atoms with E-state index in [1.807, 2.05) is 18.2 Å². The first-order valence-electron chi connectivity index (χ1n) is 7.93. The third-order valence-electron chi connectivity index (χ3n) is 3.77. The van der Waals surface area contributed by atoms with E-state index in [1.165, 1.54) is 19.3 Å². The lowest BCUT2D eigenvalue weighted by Gasteiger charge is -2.23. The molecule has 0 saturated heterocycles. The quantitative estimate of drug-likeness (QED) is 0.433. The van der Waals surface area contributed by atoms with E-state index in [0.29, 0.717) is 13.1 Å². The zero-order valence-corrected chi connectivity index (χ0v) is 15.8. The summed E-state index contributed by atoms with van der Waals surface area (Å²) in [5.41, 5.74) is 23.6. The van der Waals surface area contributed by atoms with Crippen molar-refractivity contribution in [2.24, 2.45) is 32.9 Å². The fraction of sp³-hybridized carbons (Fsp3) is 0.500. The fourth-order valence-electron chi connectivity index (χ4n) is 2.72. The molecule has 1 aromatic rings. The van der Waals surface area contributed by atoms with E-state index >= 15 is 0 Å². The highest BCUT2D eigenvalue weighted by molar-refractivity contribution is 5.85. The van der Waals surface area contributed by atoms with E-state index in [0.717, 1.165) is 29.7 Å². The maximum Gasteiger partial charge on any atom is 0.186 e. The van der Waals surface area contributed by atoms with Gasteiger partial charge in [0.2, 0.25) is 0 Å². The molecule has 1 aliphatic rings. The molecule has 1 saturated carbocycles. The molecule has 9 heteroatoms. The molecule has 25 heavy (non-hydrogen) atoms. The SMILES string of the molecule is Cl.Cl.NC(N)=NCc1cc(CN=C(N)N)cc(OC2CCCCC2)c1. The number of ether oxygens (including phenoxy) is 1. The van der Waals surface area contributed by atoms with Gasteiger partial charge in [-0.15, -0.1) is 24.8 Å². The summed E-state index contributed by atoms with van der Waals surface area (Å²) in [7, 11) is 0. The van der Waals surface area contributed by atoms with Crippen LogP contribution in [-0.4, -0.2) is 18.0 Å². The van der Waals surface area contributed by atoms with Crippen molar-refractivity contribution < 1.29 is 4.74 Å². The third-order valence-corrected chi connectivity index (χ3v) is 3.77. The van der Waals surface area contributed by atoms with Crippen molar-refractivity contribution in [3.05, 3.63) is 29.3 Å². The van der Waals surface area contributed by atoms with Crippen LogP contribution in [0.2, 0.25) is 0 Å². The molecule has 1 aliphatic carbocycles. The minimum absolute atomic E-state index is 0. The smallest absolute Gasteiger partial charge is 0.186 e. The summed E-state index contributed by atoms with van der Waals surface area (Å²) in [6.07, 6.45) is 6.21. The lowest BCUT2D eigenvalue weighted by molar-refractivity contribution is 0.155. The van der Waals surface area contributed by atoms with E-state index < -0.39 is 0 Å². The van der Waals surface area contributed by atoms with Crippen LogP contribution >= 0.6 is 24.8 Å². The topological polar surface area (TPSA) is 138 Å². The van der Waals surface area contributed by atoms with Crippen molar-refractivity contribution in [1.29, 1.82) is 0 Å². The van der Waals surface area contributed by atoms with Gasteiger partial charge in [0.1, 0.15) is 5.75 Å². The van der Waals surface area contributed by atoms with Gasteiger partial charge in [0.15, 0.2) is 11.9 Å². The minimum atomic E-state index is 0. The molecule has 0 atom stereocenters. The number of rotatable bonds is 6. The van der Waals surface area contributed by atoms with Crippen molar-refractivity contribution in [3.8, 4) is 5.75 Å². The number of nitrogens with zero attached hydrogens (tertiary/aromatic N) is 2. The van der Waals surface area contributed by atoms with Gasteiger partial charge in [-0.05, 0) is 48.9 Å². The van der Waals surface area contributed by atoms with Crippen LogP contribution in [0.25, 0.3) is 0 Å². The Morgan fingerprint density at radius 1 is 0.840 bits per heavy atom. The summed E-state index contributed by atoms with van der Waals surface area (Å²) in [6.45, 7) is 0.804. The van der Waals surface area contributed by atoms with Crippen LogP contribution < -0.4 is 27.7 Å². The number of halogens is 2. The zero-order valence-electron chi connectivity index (χ0n) is 14.2. The van der Waals surface area contributed by atoms with E-state index in [9.17, 15) is 0 Å². The normalized spacial score (nSPS) is 13.8. The molecule has 2 rings (SSSR count). The molecule has 0 spiro atoms. The van der Waals surface area contributed by atoms with Crippen LogP contribution in [-0.2, 0) is 13.1 Å². The maximum atomic E-state index is 6.13. The fourth-order valence-corrected chi connectivity index (χ4v) is 2.72. The molecule has 0 bridgehead atoms. The van der Waals surface area contributed by atoms with Crippen molar-refractivity contribution >= 4 is 36.7 Å². The number of hydrogen-bond donors (Lipinski definition) is 4. The molecule has 1 fully saturated rings. The van der Waals surface area contributed by atoms with Gasteiger partial charge in [0.25, 0.3) is 0 Å². The van der Waals surface area contributed by atoms with Gasteiger partial charge in [-0.3, -0.25) is 0 Å². The molecule has 0 amide bonds. The van der Waals surface area contributed by atoms with E-state index in [2.05, 4.69) is 9.98 Å². The van der Waals surface area contributed by atoms with E-state index in [1.54, 1.807) is 0 Å². The Bertz CT molecular complexity index is 542. The monoisotopic (exact) mass is 390 g/mol. The second kappa shape index (κ2) is 11.7. The van der Waals surface area contributed by atoms with Crippen molar-refractivity contribution in [3.63, 3.8) is 0 Å². The van der Waals surface area contributed by atoms with E-state index in [4.69, 9.17) is 27.7 Å². The van der Waals surface area contributed by atoms with Gasteiger partial charge in [-0.1, -0.05) is 12.5 Å². The highest BCUT2D eigenvalue weighted by Gasteiger charge is 2.15. The molecule has 0 radical (unpaired) electrons. The van der Waals surface area contributed by atoms with Crippen molar-refractivity contribution in [1.82, 2.24) is 0 Å². The molecule has 0 aliphatic heterocycles. The van der Waals surface area contributed by atoms with Crippen LogP contribution in [0.4, 0.5) is 0 Å². The molecule has 7 nitrogen and oxygen atoms in total. The Morgan fingerprint density at radius 3 is 1.76 bits per heavy atom. The summed E-state index contributed by atoms with van der Waals surface area (Å²) < 4.78 is 6.13. The van der Waals surface area contributed by atoms with Crippen LogP contribution in [0.5, 0.6) is 5.75 Å². The highest BCUT2D eigenvalue weighted by atomic mass is 35.5. The summed E-state index contributed by atoms with van der Waals surface area (Å²) in [6, 6.07) is 5.92. The molecule has 0 heterocycles. The largest absolute Gasteiger partial charge is 0.490 e. The van der Waals surface area contributed by atoms with Crippen LogP contribution in [0.1, 0.15) is 43.2 Å². The first kappa shape index (κ1) is 23.1. The van der Waals surface area contributed by atoms with Crippen molar-refractivity contribution in [2.45, 2.75) is 51.3 Å². The lowest BCUT2D eigenvalue weighted by Crippen LogP contribution is -2.23. The number of hydrogen-bond acceptors (Lipinski definition) is 3. The summed E-state index contributed by atoms with van der Waals surface area (Å²) in [4.78, 5) is 8.10. The molecule has 0 unspecified atom stereocenters. The molecule has 142 valence electrons. The van der Waals surface area contributed by atoms with E-state index in [-0.39, 0.29) is 42.8 Å². The zero-order chi connectivity index (χ0) is 16.7. The standard InChI is InChI=1S/C16H26N6O.2ClH/c17-15(18)21-9-11-6-12(10-22-16(19)20)8-14(7-11)23-13-4-2-1-3-5-13;;/h6-8,13H,1-5,9-10H2,(H4,17,18,21)(H4,19,20,22);2*1H. The number of nitrogens with two attached hydrogens (primary N) is 4. The number of benzene rings is 1. The second-order valence-corrected chi connectivity index (χ2v) is 5.85. The Morgan fingerprint density at radius 2 is 1.32 bits per heavy atom. The second-order valence-electron chi connectivity index (χ2n) is 5.85. The predicted octanol–water partition coefficient (Wildman–Crippen LogP) is 1.79. The predicted molar refractivity (Wildman–Crippen MR) is 107 cm³/mol. The Hall–Kier alpha value is -1.86. The summed E-state index contributed by atoms with van der Waals surface area (Å²) in [5, 5.41) is 0. The van der Waals surface area contributed by atoms with Gasteiger partial charge in [-0.25, -0.2) is 9.98 Å². The first-order chi connectivity index (χ1) is 11.0. The van der Waals surface area contributed by atoms with Gasteiger partial charge < -0.3 is 27.7 Å². The van der Waals surface area contributed by atoms with Gasteiger partial charge in [-0.2, -0.15) is 0 Å². The Kier molecular flexibility index (Phi) is 10.8. The van der Waals surface area contributed by atoms with Crippen molar-refractivity contribution in [2.75, 3.05) is 0 Å². The average Bonchev–Trinajstić information content (AvgIpc) is 2.52. The summed E-state index contributed by atoms with van der Waals surface area (Å²) >= 11 is 0. The molecular weight excluding hydrogens is 363 g/mol. The van der Waals surface area contributed by atoms with Crippen LogP contribution in [0.15, 0.2) is 28.2 Å². The van der Waals surface area contributed by atoms with Crippen LogP contribution in [0.3, 0.4) is 0 Å². The maximum absolute atomic E-state index is 6.13. The molecule has 0 aromatic heterocycles. The Balaban J connectivity index is 0.00000288. The van der Waals surface area contributed by atoms with Gasteiger partial charge in [0.05, 0.1) is 19.2 Å². The Labute approximate surface area is 161 Å². The molecule has 1 aromatic carbocycles. The third kappa shape index (κ3) is 8.69. The number of guanidine groups is 2. The van der Waals surface area contributed by atoms with Crippen LogP contribution in [0, 0.1) is 0 Å². The molecular formula is C16H28Cl2N6O. The lowest BCUT2D eigenvalue weighted by atomic mass is 9.98. The minimum Gasteiger partial charge on any atom is -0.490 e. The molecule has 8 N–H and O–H groups in total. The first-order valence-corrected chi connectivity index (χ1v) is 7.93. The highest BCUT2D eigenvalue weighted by Crippen LogP contribution is 2.25. The van der Waals surface area contributed by atoms with Gasteiger partial charge in [0, 0.05) is 0 Å². The average molecular weight is 391 g/mol. The number of aliphatic imine (C=N–C) groups is 2. The summed E-state index contributed by atoms with van der Waals surface area (Å²) in [5.74, 6) is 0.949. The van der Waals surface area contributed by atoms with Gasteiger partial charge >= 0.3 is 0 Å².